The number of likely N-dealkylation sites (tertiary alicyclic amines) is 1. The molecule has 7 heteroatoms. The van der Waals surface area contributed by atoms with Crippen LogP contribution in [0.15, 0.2) is 77.7 Å². The van der Waals surface area contributed by atoms with Gasteiger partial charge in [0, 0.05) is 18.0 Å². The van der Waals surface area contributed by atoms with E-state index in [9.17, 15) is 17.2 Å². The molecule has 0 spiro atoms. The maximum atomic E-state index is 13.6. The number of halogens is 2. The lowest BCUT2D eigenvalue weighted by Crippen LogP contribution is -2.50. The Hall–Kier alpha value is -2.61. The predicted octanol–water partition coefficient (Wildman–Crippen LogP) is 5.10. The fourth-order valence-corrected chi connectivity index (χ4v) is 6.06. The second-order valence-corrected chi connectivity index (χ2v) is 10.7. The van der Waals surface area contributed by atoms with Crippen LogP contribution in [-0.4, -0.2) is 39.0 Å². The molecule has 1 N–H and O–H groups in total. The first-order chi connectivity index (χ1) is 16.3. The molecule has 0 amide bonds. The Morgan fingerprint density at radius 3 is 1.94 bits per heavy atom. The van der Waals surface area contributed by atoms with Crippen LogP contribution >= 0.6 is 0 Å². The van der Waals surface area contributed by atoms with E-state index in [1.165, 1.54) is 24.3 Å². The Bertz CT molecular complexity index is 1150. The van der Waals surface area contributed by atoms with Crippen LogP contribution in [0.2, 0.25) is 0 Å². The lowest BCUT2D eigenvalue weighted by atomic mass is 9.79. The fraction of sp³-hybridized carbons (Fsp3) is 0.333. The van der Waals surface area contributed by atoms with Gasteiger partial charge in [-0.15, -0.1) is 0 Å². The molecular formula is C27H30F2N2O2S. The van der Waals surface area contributed by atoms with E-state index in [1.54, 1.807) is 36.4 Å². The van der Waals surface area contributed by atoms with Gasteiger partial charge in [0.25, 0.3) is 0 Å². The average Bonchev–Trinajstić information content (AvgIpc) is 2.83. The molecule has 4 nitrogen and oxygen atoms in total. The predicted molar refractivity (Wildman–Crippen MR) is 130 cm³/mol. The lowest BCUT2D eigenvalue weighted by Gasteiger charge is -2.42. The molecule has 1 aliphatic rings. The molecule has 2 unspecified atom stereocenters. The third-order valence-corrected chi connectivity index (χ3v) is 8.27. The number of likely N-dealkylation sites (N-methyl/N-ethyl adjacent to an activating group) is 1. The Kier molecular flexibility index (Phi) is 7.45. The van der Waals surface area contributed by atoms with Crippen molar-refractivity contribution in [2.24, 2.45) is 0 Å². The quantitative estimate of drug-likeness (QED) is 0.508. The van der Waals surface area contributed by atoms with Gasteiger partial charge >= 0.3 is 0 Å². The number of nitrogens with zero attached hydrogens (tertiary/aromatic N) is 1. The zero-order valence-corrected chi connectivity index (χ0v) is 20.2. The average molecular weight is 485 g/mol. The van der Waals surface area contributed by atoms with Crippen molar-refractivity contribution in [1.82, 2.24) is 9.62 Å². The zero-order chi connectivity index (χ0) is 24.3. The van der Waals surface area contributed by atoms with E-state index in [4.69, 9.17) is 0 Å². The van der Waals surface area contributed by atoms with E-state index in [0.717, 1.165) is 23.1 Å². The number of hydrogen-bond donors (Lipinski definition) is 1. The molecule has 1 heterocycles. The molecule has 2 atom stereocenters. The minimum absolute atomic E-state index is 0.0557. The second kappa shape index (κ2) is 10.3. The summed E-state index contributed by atoms with van der Waals surface area (Å²) in [6.07, 6.45) is 2.10. The van der Waals surface area contributed by atoms with E-state index >= 15 is 0 Å². The van der Waals surface area contributed by atoms with Gasteiger partial charge in [-0.05, 0) is 85.9 Å². The minimum Gasteiger partial charge on any atom is -0.302 e. The lowest BCUT2D eigenvalue weighted by molar-refractivity contribution is 0.150. The first-order valence-electron chi connectivity index (χ1n) is 11.6. The Morgan fingerprint density at radius 1 is 0.912 bits per heavy atom. The van der Waals surface area contributed by atoms with Crippen molar-refractivity contribution in [3.8, 4) is 0 Å². The van der Waals surface area contributed by atoms with E-state index in [-0.39, 0.29) is 34.5 Å². The van der Waals surface area contributed by atoms with Gasteiger partial charge in [-0.2, -0.15) is 0 Å². The molecule has 1 aliphatic heterocycles. The number of benzene rings is 3. The van der Waals surface area contributed by atoms with E-state index in [2.05, 4.69) is 9.62 Å². The third-order valence-electron chi connectivity index (χ3n) is 6.73. The number of rotatable bonds is 7. The number of aryl methyl sites for hydroxylation is 1. The molecule has 4 rings (SSSR count). The Balaban J connectivity index is 1.61. The second-order valence-electron chi connectivity index (χ2n) is 8.97. The van der Waals surface area contributed by atoms with Gasteiger partial charge < -0.3 is 4.90 Å². The molecule has 3 aromatic carbocycles. The van der Waals surface area contributed by atoms with Gasteiger partial charge in [0.1, 0.15) is 11.6 Å². The number of nitrogens with one attached hydrogen (secondary N) is 1. The van der Waals surface area contributed by atoms with E-state index < -0.39 is 10.0 Å². The smallest absolute Gasteiger partial charge is 0.240 e. The summed E-state index contributed by atoms with van der Waals surface area (Å²) >= 11 is 0. The largest absolute Gasteiger partial charge is 0.302 e. The highest BCUT2D eigenvalue weighted by Gasteiger charge is 2.35. The van der Waals surface area contributed by atoms with Crippen LogP contribution in [0.3, 0.4) is 0 Å². The molecule has 0 radical (unpaired) electrons. The van der Waals surface area contributed by atoms with E-state index in [1.807, 2.05) is 26.1 Å². The molecule has 0 saturated carbocycles. The highest BCUT2D eigenvalue weighted by atomic mass is 32.2. The molecule has 0 aromatic heterocycles. The SMILES string of the molecule is CCc1ccc(S(=O)(=O)NC2CCN(C)C(C(c3ccc(F)cc3)c3ccc(F)cc3)C2)cc1. The summed E-state index contributed by atoms with van der Waals surface area (Å²) in [7, 11) is -1.65. The van der Waals surface area contributed by atoms with Gasteiger partial charge in [0.2, 0.25) is 10.0 Å². The molecule has 0 aliphatic carbocycles. The first-order valence-corrected chi connectivity index (χ1v) is 13.1. The third kappa shape index (κ3) is 5.54. The maximum absolute atomic E-state index is 13.6. The van der Waals surface area contributed by atoms with Crippen molar-refractivity contribution < 1.29 is 17.2 Å². The van der Waals surface area contributed by atoms with Crippen LogP contribution in [0.5, 0.6) is 0 Å². The highest BCUT2D eigenvalue weighted by Crippen LogP contribution is 2.36. The maximum Gasteiger partial charge on any atom is 0.240 e. The summed E-state index contributed by atoms with van der Waals surface area (Å²) in [6.45, 7) is 2.73. The number of hydrogen-bond acceptors (Lipinski definition) is 3. The standard InChI is InChI=1S/C27H30F2N2O2S/c1-3-19-4-14-25(15-5-19)34(32,33)30-24-16-17-31(2)26(18-24)27(20-6-10-22(28)11-7-20)21-8-12-23(29)13-9-21/h4-15,24,26-27,30H,3,16-18H2,1-2H3. The van der Waals surface area contributed by atoms with Crippen LogP contribution < -0.4 is 4.72 Å². The molecular weight excluding hydrogens is 454 g/mol. The molecule has 1 fully saturated rings. The van der Waals surface area contributed by atoms with Crippen molar-refractivity contribution >= 4 is 10.0 Å². The number of piperidine rings is 1. The van der Waals surface area contributed by atoms with Crippen LogP contribution in [0.4, 0.5) is 8.78 Å². The summed E-state index contributed by atoms with van der Waals surface area (Å²) in [5.74, 6) is -0.806. The van der Waals surface area contributed by atoms with Crippen molar-refractivity contribution in [2.45, 2.75) is 49.1 Å². The van der Waals surface area contributed by atoms with Crippen molar-refractivity contribution in [3.63, 3.8) is 0 Å². The van der Waals surface area contributed by atoms with Gasteiger partial charge in [0.15, 0.2) is 0 Å². The van der Waals surface area contributed by atoms with E-state index in [0.29, 0.717) is 19.4 Å². The summed E-state index contributed by atoms with van der Waals surface area (Å²) in [4.78, 5) is 2.46. The fourth-order valence-electron chi connectivity index (χ4n) is 4.78. The summed E-state index contributed by atoms with van der Waals surface area (Å²) in [5.41, 5.74) is 2.90. The Labute approximate surface area is 200 Å². The normalized spacial score (nSPS) is 19.4. The van der Waals surface area contributed by atoms with Crippen LogP contribution in [0.25, 0.3) is 0 Å². The van der Waals surface area contributed by atoms with Crippen LogP contribution in [0.1, 0.15) is 42.4 Å². The zero-order valence-electron chi connectivity index (χ0n) is 19.4. The van der Waals surface area contributed by atoms with Gasteiger partial charge in [0.05, 0.1) is 4.90 Å². The molecule has 1 saturated heterocycles. The molecule has 3 aromatic rings. The van der Waals surface area contributed by atoms with Crippen molar-refractivity contribution in [3.05, 3.63) is 101 Å². The number of sulfonamides is 1. The summed E-state index contributed by atoms with van der Waals surface area (Å²) in [6, 6.07) is 19.4. The summed E-state index contributed by atoms with van der Waals surface area (Å²) in [5, 5.41) is 0. The van der Waals surface area contributed by atoms with Crippen molar-refractivity contribution in [1.29, 1.82) is 0 Å². The van der Waals surface area contributed by atoms with Gasteiger partial charge in [-0.3, -0.25) is 0 Å². The van der Waals surface area contributed by atoms with Crippen LogP contribution in [-0.2, 0) is 16.4 Å². The molecule has 0 bridgehead atoms. The van der Waals surface area contributed by atoms with Gasteiger partial charge in [-0.25, -0.2) is 21.9 Å². The first kappa shape index (κ1) is 24.5. The minimum atomic E-state index is -3.66. The molecule has 34 heavy (non-hydrogen) atoms. The highest BCUT2D eigenvalue weighted by molar-refractivity contribution is 7.89. The van der Waals surface area contributed by atoms with Crippen LogP contribution in [0, 0.1) is 11.6 Å². The van der Waals surface area contributed by atoms with Gasteiger partial charge in [-0.1, -0.05) is 43.3 Å². The molecule has 180 valence electrons. The van der Waals surface area contributed by atoms with Crippen molar-refractivity contribution in [2.75, 3.05) is 13.6 Å². The topological polar surface area (TPSA) is 49.4 Å². The summed E-state index contributed by atoms with van der Waals surface area (Å²) < 4.78 is 56.3. The monoisotopic (exact) mass is 484 g/mol. The Morgan fingerprint density at radius 2 is 1.44 bits per heavy atom.